The summed E-state index contributed by atoms with van der Waals surface area (Å²) in [7, 11) is 0. The molecule has 1 atom stereocenters. The Morgan fingerprint density at radius 1 is 1.32 bits per heavy atom. The van der Waals surface area contributed by atoms with Crippen molar-refractivity contribution in [2.75, 3.05) is 11.9 Å². The molecule has 6 nitrogen and oxygen atoms in total. The van der Waals surface area contributed by atoms with E-state index in [9.17, 15) is 9.59 Å². The lowest BCUT2D eigenvalue weighted by Crippen LogP contribution is -2.40. The number of anilines is 1. The third-order valence-corrected chi connectivity index (χ3v) is 4.95. The number of rotatable bonds is 3. The average Bonchev–Trinajstić information content (AvgIpc) is 3.14. The maximum Gasteiger partial charge on any atom is 0.321 e. The van der Waals surface area contributed by atoms with Crippen molar-refractivity contribution in [1.29, 1.82) is 0 Å². The van der Waals surface area contributed by atoms with Gasteiger partial charge in [0.25, 0.3) is 0 Å². The highest BCUT2D eigenvalue weighted by Crippen LogP contribution is 2.30. The van der Waals surface area contributed by atoms with Gasteiger partial charge in [-0.05, 0) is 25.0 Å². The van der Waals surface area contributed by atoms with Gasteiger partial charge in [-0.1, -0.05) is 23.5 Å². The number of urea groups is 1. The van der Waals surface area contributed by atoms with Crippen LogP contribution in [0.15, 0.2) is 24.3 Å². The molecule has 1 saturated heterocycles. The van der Waals surface area contributed by atoms with E-state index < -0.39 is 0 Å². The summed E-state index contributed by atoms with van der Waals surface area (Å²) in [4.78, 5) is 30.2. The molecule has 22 heavy (non-hydrogen) atoms. The van der Waals surface area contributed by atoms with E-state index in [1.54, 1.807) is 0 Å². The van der Waals surface area contributed by atoms with Crippen LogP contribution >= 0.6 is 11.3 Å². The molecule has 0 spiro atoms. The van der Waals surface area contributed by atoms with Crippen LogP contribution in [0.3, 0.4) is 0 Å². The summed E-state index contributed by atoms with van der Waals surface area (Å²) in [6.45, 7) is 0.622. The zero-order valence-corrected chi connectivity index (χ0v) is 12.7. The molecule has 1 aromatic carbocycles. The Labute approximate surface area is 131 Å². The van der Waals surface area contributed by atoms with Crippen LogP contribution in [0, 0.1) is 0 Å². The van der Waals surface area contributed by atoms with E-state index in [1.807, 2.05) is 29.2 Å². The Hall–Kier alpha value is -2.15. The number of para-hydroxylation sites is 1. The van der Waals surface area contributed by atoms with E-state index in [0.29, 0.717) is 24.1 Å². The molecule has 3 amide bonds. The number of aromatic nitrogens is 1. The summed E-state index contributed by atoms with van der Waals surface area (Å²) in [6, 6.07) is 7.75. The van der Waals surface area contributed by atoms with Crippen LogP contribution < -0.4 is 10.6 Å². The first-order valence-corrected chi connectivity index (χ1v) is 8.23. The molecule has 1 aliphatic carbocycles. The number of fused-ring (bicyclic) bond motifs is 1. The molecule has 1 aliphatic heterocycles. The van der Waals surface area contributed by atoms with Gasteiger partial charge in [0, 0.05) is 19.0 Å². The van der Waals surface area contributed by atoms with Crippen LogP contribution in [0.2, 0.25) is 0 Å². The van der Waals surface area contributed by atoms with Crippen molar-refractivity contribution in [2.45, 2.75) is 31.3 Å². The fourth-order valence-electron chi connectivity index (χ4n) is 2.81. The van der Waals surface area contributed by atoms with E-state index in [4.69, 9.17) is 0 Å². The summed E-state index contributed by atoms with van der Waals surface area (Å²) in [5.41, 5.74) is 0.874. The minimum Gasteiger partial charge on any atom is -0.338 e. The molecule has 2 aliphatic rings. The highest BCUT2D eigenvalue weighted by molar-refractivity contribution is 7.22. The van der Waals surface area contributed by atoms with Crippen molar-refractivity contribution in [2.24, 2.45) is 0 Å². The molecule has 2 heterocycles. The number of nitrogens with zero attached hydrogens (tertiary/aromatic N) is 2. The number of nitrogens with one attached hydrogen (secondary N) is 2. The average molecular weight is 316 g/mol. The molecule has 2 N–H and O–H groups in total. The number of carbonyl (C=O) groups is 2. The topological polar surface area (TPSA) is 74.3 Å². The molecule has 1 saturated carbocycles. The van der Waals surface area contributed by atoms with Crippen LogP contribution in [0.5, 0.6) is 0 Å². The minimum atomic E-state index is -0.297. The molecule has 2 fully saturated rings. The number of likely N-dealkylation sites (tertiary alicyclic amines) is 1. The number of amides is 3. The lowest BCUT2D eigenvalue weighted by Gasteiger charge is -2.16. The summed E-state index contributed by atoms with van der Waals surface area (Å²) in [5, 5.41) is 6.20. The molecular formula is C15H16N4O2S. The fourth-order valence-corrected chi connectivity index (χ4v) is 3.67. The van der Waals surface area contributed by atoms with Gasteiger partial charge in [0.15, 0.2) is 5.13 Å². The molecule has 1 aromatic heterocycles. The fraction of sp³-hybridized carbons (Fsp3) is 0.400. The van der Waals surface area contributed by atoms with E-state index >= 15 is 0 Å². The summed E-state index contributed by atoms with van der Waals surface area (Å²) >= 11 is 1.44. The van der Waals surface area contributed by atoms with Gasteiger partial charge in [-0.3, -0.25) is 10.1 Å². The Bertz CT molecular complexity index is 707. The first-order valence-electron chi connectivity index (χ1n) is 7.41. The molecule has 2 aromatic rings. The normalized spacial score (nSPS) is 21.4. The van der Waals surface area contributed by atoms with Gasteiger partial charge in [0.2, 0.25) is 5.91 Å². The highest BCUT2D eigenvalue weighted by Gasteiger charge is 2.39. The van der Waals surface area contributed by atoms with Crippen molar-refractivity contribution in [3.63, 3.8) is 0 Å². The monoisotopic (exact) mass is 316 g/mol. The maximum absolute atomic E-state index is 12.1. The highest BCUT2D eigenvalue weighted by atomic mass is 32.1. The third-order valence-electron chi connectivity index (χ3n) is 4.00. The van der Waals surface area contributed by atoms with Crippen LogP contribution in [0.1, 0.15) is 19.3 Å². The van der Waals surface area contributed by atoms with Crippen LogP contribution in [-0.4, -0.2) is 40.5 Å². The van der Waals surface area contributed by atoms with Gasteiger partial charge in [0.1, 0.15) is 0 Å². The standard InChI is InChI=1S/C15H16N4O2S/c20-13-7-9(8-19(13)10-5-6-10)16-14(21)18-15-17-11-3-1-2-4-12(11)22-15/h1-4,9-10H,5-8H2,(H2,16,17,18,21). The largest absolute Gasteiger partial charge is 0.338 e. The van der Waals surface area contributed by atoms with Crippen molar-refractivity contribution >= 4 is 38.6 Å². The Morgan fingerprint density at radius 3 is 2.91 bits per heavy atom. The molecule has 7 heteroatoms. The van der Waals surface area contributed by atoms with E-state index in [2.05, 4.69) is 15.6 Å². The lowest BCUT2D eigenvalue weighted by molar-refractivity contribution is -0.128. The van der Waals surface area contributed by atoms with Gasteiger partial charge in [-0.15, -0.1) is 0 Å². The quantitative estimate of drug-likeness (QED) is 0.911. The second-order valence-corrected chi connectivity index (χ2v) is 6.79. The summed E-state index contributed by atoms with van der Waals surface area (Å²) < 4.78 is 1.04. The predicted molar refractivity (Wildman–Crippen MR) is 84.9 cm³/mol. The van der Waals surface area contributed by atoms with Crippen molar-refractivity contribution in [3.8, 4) is 0 Å². The Morgan fingerprint density at radius 2 is 2.14 bits per heavy atom. The zero-order chi connectivity index (χ0) is 15.1. The first kappa shape index (κ1) is 13.5. The molecule has 4 rings (SSSR count). The van der Waals surface area contributed by atoms with E-state index in [1.165, 1.54) is 11.3 Å². The van der Waals surface area contributed by atoms with Gasteiger partial charge in [0.05, 0.1) is 16.3 Å². The second-order valence-electron chi connectivity index (χ2n) is 5.76. The van der Waals surface area contributed by atoms with Crippen LogP contribution in [0.4, 0.5) is 9.93 Å². The Kier molecular flexibility index (Phi) is 3.22. The number of hydrogen-bond acceptors (Lipinski definition) is 4. The molecule has 0 radical (unpaired) electrons. The minimum absolute atomic E-state index is 0.109. The second kappa shape index (κ2) is 5.24. The molecule has 0 bridgehead atoms. The number of carbonyl (C=O) groups excluding carboxylic acids is 2. The number of hydrogen-bond donors (Lipinski definition) is 2. The van der Waals surface area contributed by atoms with Crippen LogP contribution in [-0.2, 0) is 4.79 Å². The van der Waals surface area contributed by atoms with Gasteiger partial charge >= 0.3 is 6.03 Å². The smallest absolute Gasteiger partial charge is 0.321 e. The Balaban J connectivity index is 1.37. The summed E-state index contributed by atoms with van der Waals surface area (Å²) in [5.74, 6) is 0.146. The zero-order valence-electron chi connectivity index (χ0n) is 11.9. The molecule has 114 valence electrons. The molecular weight excluding hydrogens is 300 g/mol. The number of benzene rings is 1. The van der Waals surface area contributed by atoms with E-state index in [-0.39, 0.29) is 18.0 Å². The summed E-state index contributed by atoms with van der Waals surface area (Å²) in [6.07, 6.45) is 2.58. The molecule has 1 unspecified atom stereocenters. The number of thiazole rings is 1. The van der Waals surface area contributed by atoms with E-state index in [0.717, 1.165) is 23.1 Å². The van der Waals surface area contributed by atoms with Crippen molar-refractivity contribution in [1.82, 2.24) is 15.2 Å². The SMILES string of the molecule is O=C(Nc1nc2ccccc2s1)NC1CC(=O)N(C2CC2)C1. The lowest BCUT2D eigenvalue weighted by atomic mass is 10.3. The van der Waals surface area contributed by atoms with Crippen LogP contribution in [0.25, 0.3) is 10.2 Å². The third kappa shape index (κ3) is 2.64. The van der Waals surface area contributed by atoms with Crippen molar-refractivity contribution in [3.05, 3.63) is 24.3 Å². The maximum atomic E-state index is 12.1. The van der Waals surface area contributed by atoms with Crippen molar-refractivity contribution < 1.29 is 9.59 Å². The van der Waals surface area contributed by atoms with Gasteiger partial charge in [-0.2, -0.15) is 0 Å². The predicted octanol–water partition coefficient (Wildman–Crippen LogP) is 2.18. The van der Waals surface area contributed by atoms with Gasteiger partial charge < -0.3 is 10.2 Å². The first-order chi connectivity index (χ1) is 10.7. The van der Waals surface area contributed by atoms with Gasteiger partial charge in [-0.25, -0.2) is 9.78 Å².